The van der Waals surface area contributed by atoms with E-state index in [1.807, 2.05) is 91.9 Å². The lowest BCUT2D eigenvalue weighted by atomic mass is 9.94. The highest BCUT2D eigenvalue weighted by Crippen LogP contribution is 2.40. The van der Waals surface area contributed by atoms with Gasteiger partial charge >= 0.3 is 0 Å². The molecule has 5 rings (SSSR count). The Morgan fingerprint density at radius 2 is 1.53 bits per heavy atom. The molecule has 5 heteroatoms. The molecule has 1 aliphatic rings. The molecule has 1 atom stereocenters. The monoisotopic (exact) mass is 395 g/mol. The molecule has 1 aromatic heterocycles. The van der Waals surface area contributed by atoms with Gasteiger partial charge in [-0.1, -0.05) is 66.7 Å². The Morgan fingerprint density at radius 1 is 0.833 bits per heavy atom. The highest BCUT2D eigenvalue weighted by molar-refractivity contribution is 5.92. The van der Waals surface area contributed by atoms with Gasteiger partial charge in [0.25, 0.3) is 0 Å². The molecule has 0 aliphatic carbocycles. The number of nitrogens with zero attached hydrogens (tertiary/aromatic N) is 2. The van der Waals surface area contributed by atoms with Crippen molar-refractivity contribution in [2.75, 3.05) is 0 Å². The van der Waals surface area contributed by atoms with E-state index in [4.69, 9.17) is 14.9 Å². The Hall–Kier alpha value is -3.70. The quantitative estimate of drug-likeness (QED) is 0.454. The van der Waals surface area contributed by atoms with Crippen molar-refractivity contribution in [2.45, 2.75) is 18.9 Å². The molecule has 30 heavy (non-hydrogen) atoms. The van der Waals surface area contributed by atoms with Crippen molar-refractivity contribution in [3.05, 3.63) is 107 Å². The fourth-order valence-electron chi connectivity index (χ4n) is 3.66. The topological polar surface area (TPSA) is 74.2 Å². The van der Waals surface area contributed by atoms with Crippen LogP contribution in [0.1, 0.15) is 35.4 Å². The first-order valence-electron chi connectivity index (χ1n) is 9.85. The summed E-state index contributed by atoms with van der Waals surface area (Å²) in [4.78, 5) is 0. The average molecular weight is 395 g/mol. The molecule has 0 saturated carbocycles. The average Bonchev–Trinajstić information content (AvgIpc) is 3.19. The molecule has 5 nitrogen and oxygen atoms in total. The number of benzene rings is 3. The van der Waals surface area contributed by atoms with E-state index >= 15 is 0 Å². The van der Waals surface area contributed by atoms with Crippen LogP contribution in [0.5, 0.6) is 11.5 Å². The Labute approximate surface area is 174 Å². The molecule has 0 saturated heterocycles. The molecule has 0 unspecified atom stereocenters. The predicted molar refractivity (Wildman–Crippen MR) is 116 cm³/mol. The minimum Gasteiger partial charge on any atom is -0.456 e. The second-order valence-corrected chi connectivity index (χ2v) is 7.69. The molecular weight excluding hydrogens is 374 g/mol. The summed E-state index contributed by atoms with van der Waals surface area (Å²) in [6.45, 7) is 1.91. The van der Waals surface area contributed by atoms with E-state index in [1.54, 1.807) is 0 Å². The maximum Gasteiger partial charge on any atom is 0.248 e. The fraction of sp³-hybridized carbons (Fsp3) is 0.120. The van der Waals surface area contributed by atoms with Crippen LogP contribution in [-0.4, -0.2) is 10.2 Å². The van der Waals surface area contributed by atoms with Crippen LogP contribution in [0.15, 0.2) is 83.3 Å². The molecule has 1 aliphatic heterocycles. The second-order valence-electron chi connectivity index (χ2n) is 7.69. The number of para-hydroxylation sites is 2. The lowest BCUT2D eigenvalue weighted by Crippen LogP contribution is -2.35. The van der Waals surface area contributed by atoms with E-state index in [0.29, 0.717) is 18.2 Å². The Bertz CT molecular complexity index is 1230. The van der Waals surface area contributed by atoms with Crippen LogP contribution in [0, 0.1) is 0 Å². The summed E-state index contributed by atoms with van der Waals surface area (Å²) in [5.74, 6) is 2.35. The number of aromatic nitrogens is 2. The highest BCUT2D eigenvalue weighted by Gasteiger charge is 2.30. The van der Waals surface area contributed by atoms with Crippen LogP contribution < -0.4 is 10.5 Å². The third-order valence-corrected chi connectivity index (χ3v) is 5.17. The van der Waals surface area contributed by atoms with Gasteiger partial charge in [-0.05, 0) is 37.1 Å². The van der Waals surface area contributed by atoms with Crippen LogP contribution in [-0.2, 0) is 12.0 Å². The first-order valence-corrected chi connectivity index (χ1v) is 9.85. The van der Waals surface area contributed by atoms with Gasteiger partial charge < -0.3 is 14.9 Å². The summed E-state index contributed by atoms with van der Waals surface area (Å²) < 4.78 is 12.3. The number of hydrogen-bond acceptors (Lipinski definition) is 5. The van der Waals surface area contributed by atoms with Crippen molar-refractivity contribution in [1.82, 2.24) is 10.2 Å². The zero-order valence-electron chi connectivity index (χ0n) is 16.6. The van der Waals surface area contributed by atoms with Gasteiger partial charge in [0.1, 0.15) is 11.5 Å². The second kappa shape index (κ2) is 7.28. The van der Waals surface area contributed by atoms with Gasteiger partial charge in [-0.25, -0.2) is 0 Å². The number of fused-ring (bicyclic) bond motifs is 2. The Balaban J connectivity index is 1.56. The predicted octanol–water partition coefficient (Wildman–Crippen LogP) is 5.18. The highest BCUT2D eigenvalue weighted by atomic mass is 16.5. The number of nitrogens with two attached hydrogens (primary N) is 1. The molecule has 0 fully saturated rings. The van der Waals surface area contributed by atoms with E-state index in [-0.39, 0.29) is 0 Å². The smallest absolute Gasteiger partial charge is 0.248 e. The molecule has 2 heterocycles. The van der Waals surface area contributed by atoms with Gasteiger partial charge in [-0.15, -0.1) is 10.2 Å². The summed E-state index contributed by atoms with van der Waals surface area (Å²) >= 11 is 0. The first kappa shape index (κ1) is 18.3. The van der Waals surface area contributed by atoms with Crippen LogP contribution in [0.3, 0.4) is 0 Å². The molecule has 0 amide bonds. The van der Waals surface area contributed by atoms with Gasteiger partial charge in [0, 0.05) is 11.1 Å². The van der Waals surface area contributed by atoms with E-state index in [2.05, 4.69) is 10.2 Å². The third-order valence-electron chi connectivity index (χ3n) is 5.17. The van der Waals surface area contributed by atoms with Gasteiger partial charge in [-0.2, -0.15) is 0 Å². The standard InChI is InChI=1S/C25H21N3O2/c1-25(26,16-17-9-3-2-4-10-17)24-28-27-23(30-24)20-15-18-11-5-7-13-21(18)29-22-14-8-6-12-19(20)22/h2-15H,16,26H2,1H3/t25-/m0/s1. The van der Waals surface area contributed by atoms with Gasteiger partial charge in [0.15, 0.2) is 0 Å². The molecule has 3 aromatic carbocycles. The molecule has 2 N–H and O–H groups in total. The third kappa shape index (κ3) is 3.40. The molecule has 148 valence electrons. The van der Waals surface area contributed by atoms with Gasteiger partial charge in [-0.3, -0.25) is 0 Å². The lowest BCUT2D eigenvalue weighted by molar-refractivity contribution is 0.347. The minimum absolute atomic E-state index is 0.401. The number of hydrogen-bond donors (Lipinski definition) is 1. The summed E-state index contributed by atoms with van der Waals surface area (Å²) in [5.41, 5.74) is 9.55. The van der Waals surface area contributed by atoms with E-state index in [9.17, 15) is 0 Å². The molecule has 0 radical (unpaired) electrons. The summed E-state index contributed by atoms with van der Waals surface area (Å²) in [6, 6.07) is 25.8. The summed E-state index contributed by atoms with van der Waals surface area (Å²) in [6.07, 6.45) is 2.61. The minimum atomic E-state index is -0.786. The van der Waals surface area contributed by atoms with Crippen LogP contribution in [0.25, 0.3) is 11.6 Å². The maximum absolute atomic E-state index is 6.57. The van der Waals surface area contributed by atoms with Crippen LogP contribution in [0.2, 0.25) is 0 Å². The zero-order valence-corrected chi connectivity index (χ0v) is 16.6. The fourth-order valence-corrected chi connectivity index (χ4v) is 3.66. The normalized spacial score (nSPS) is 14.5. The SMILES string of the molecule is C[C@](N)(Cc1ccccc1)c1nnc(C2=Cc3ccccc3Oc3ccccc32)o1. The first-order chi connectivity index (χ1) is 14.6. The maximum atomic E-state index is 6.57. The van der Waals surface area contributed by atoms with Gasteiger partial charge in [0.05, 0.1) is 11.1 Å². The van der Waals surface area contributed by atoms with Crippen LogP contribution in [0.4, 0.5) is 0 Å². The zero-order chi connectivity index (χ0) is 20.6. The lowest BCUT2D eigenvalue weighted by Gasteiger charge is -2.20. The number of rotatable bonds is 4. The van der Waals surface area contributed by atoms with Gasteiger partial charge in [0.2, 0.25) is 11.8 Å². The molecular formula is C25H21N3O2. The molecule has 4 aromatic rings. The Morgan fingerprint density at radius 3 is 2.37 bits per heavy atom. The Kier molecular flexibility index (Phi) is 4.45. The van der Waals surface area contributed by atoms with Crippen molar-refractivity contribution in [1.29, 1.82) is 0 Å². The van der Waals surface area contributed by atoms with E-state index in [1.165, 1.54) is 0 Å². The summed E-state index contributed by atoms with van der Waals surface area (Å²) in [5, 5.41) is 8.64. The van der Waals surface area contributed by atoms with E-state index < -0.39 is 5.54 Å². The van der Waals surface area contributed by atoms with Crippen molar-refractivity contribution in [3.63, 3.8) is 0 Å². The van der Waals surface area contributed by atoms with Crippen LogP contribution >= 0.6 is 0 Å². The summed E-state index contributed by atoms with van der Waals surface area (Å²) in [7, 11) is 0. The number of ether oxygens (including phenoxy) is 1. The molecule has 0 bridgehead atoms. The molecule has 0 spiro atoms. The van der Waals surface area contributed by atoms with Crippen molar-refractivity contribution < 1.29 is 9.15 Å². The largest absolute Gasteiger partial charge is 0.456 e. The van der Waals surface area contributed by atoms with Crippen molar-refractivity contribution >= 4 is 11.6 Å². The van der Waals surface area contributed by atoms with E-state index in [0.717, 1.165) is 33.8 Å². The van der Waals surface area contributed by atoms with Crippen molar-refractivity contribution in [2.24, 2.45) is 5.73 Å². The van der Waals surface area contributed by atoms with Crippen molar-refractivity contribution in [3.8, 4) is 11.5 Å².